The van der Waals surface area contributed by atoms with Crippen molar-refractivity contribution in [2.75, 3.05) is 31.2 Å². The highest BCUT2D eigenvalue weighted by Crippen LogP contribution is 2.46. The highest BCUT2D eigenvalue weighted by atomic mass is 32.2. The number of methoxy groups -OCH3 is 1. The number of hydrogen-bond acceptors (Lipinski definition) is 9. The number of aliphatic carboxylic acids is 1. The Bertz CT molecular complexity index is 1370. The van der Waals surface area contributed by atoms with Crippen LogP contribution in [0.25, 0.3) is 10.8 Å². The Morgan fingerprint density at radius 3 is 2.48 bits per heavy atom. The number of aromatic nitrogens is 1. The molecule has 0 radical (unpaired) electrons. The van der Waals surface area contributed by atoms with Crippen molar-refractivity contribution in [1.29, 1.82) is 0 Å². The molecule has 4 heterocycles. The molecule has 2 N–H and O–H groups in total. The maximum Gasteiger partial charge on any atom is 0.330 e. The Morgan fingerprint density at radius 2 is 1.93 bits per heavy atom. The normalized spacial score (nSPS) is 17.0. The summed E-state index contributed by atoms with van der Waals surface area (Å²) in [4.78, 5) is 29.0. The van der Waals surface area contributed by atoms with Crippen LogP contribution >= 0.6 is 11.3 Å². The number of nitrogens with zero attached hydrogens (tertiary/aromatic N) is 3. The number of aliphatic hydroxyl groups is 1. The Labute approximate surface area is 250 Å². The van der Waals surface area contributed by atoms with Crippen LogP contribution in [0.2, 0.25) is 0 Å². The second kappa shape index (κ2) is 14.7. The molecule has 1 aromatic carbocycles. The number of ether oxygens (including phenoxy) is 2. The zero-order valence-corrected chi connectivity index (χ0v) is 25.8. The van der Waals surface area contributed by atoms with Gasteiger partial charge in [0.1, 0.15) is 33.0 Å². The molecule has 5 rings (SSSR count). The fraction of sp³-hybridized carbons (Fsp3) is 0.464. The van der Waals surface area contributed by atoms with E-state index in [0.717, 1.165) is 43.0 Å². The van der Waals surface area contributed by atoms with Crippen LogP contribution < -0.4 is 9.04 Å². The minimum absolute atomic E-state index is 0.0285. The van der Waals surface area contributed by atoms with Gasteiger partial charge in [-0.15, -0.1) is 11.3 Å². The highest BCUT2D eigenvalue weighted by molar-refractivity contribution is 7.85. The zero-order valence-electron chi connectivity index (χ0n) is 24.2. The van der Waals surface area contributed by atoms with E-state index in [9.17, 15) is 18.9 Å². The van der Waals surface area contributed by atoms with Crippen LogP contribution in [0.5, 0.6) is 5.75 Å². The van der Waals surface area contributed by atoms with Crippen molar-refractivity contribution < 1.29 is 42.3 Å². The van der Waals surface area contributed by atoms with Gasteiger partial charge in [-0.3, -0.25) is 9.10 Å². The molecule has 1 amide bonds. The summed E-state index contributed by atoms with van der Waals surface area (Å²) < 4.78 is 46.5. The molecule has 1 atom stereocenters. The van der Waals surface area contributed by atoms with Gasteiger partial charge in [-0.1, -0.05) is 32.0 Å². The number of hydrogen-bond donors (Lipinski definition) is 2. The van der Waals surface area contributed by atoms with E-state index in [4.69, 9.17) is 19.0 Å². The van der Waals surface area contributed by atoms with E-state index in [1.807, 2.05) is 32.0 Å². The summed E-state index contributed by atoms with van der Waals surface area (Å²) in [7, 11) is 1.53. The minimum atomic E-state index is -2.23. The number of anilines is 1. The molecule has 1 saturated heterocycles. The first kappa shape index (κ1) is 33.2. The van der Waals surface area contributed by atoms with Crippen LogP contribution in [0.3, 0.4) is 0 Å². The second-order valence-electron chi connectivity index (χ2n) is 9.46. The summed E-state index contributed by atoms with van der Waals surface area (Å²) in [5.74, 6) is -2.65. The third-order valence-corrected chi connectivity index (χ3v) is 9.39. The molecule has 1 fully saturated rings. The topological polar surface area (TPSA) is 143 Å². The third-order valence-electron chi connectivity index (χ3n) is 6.43. The number of fused-ring (bicyclic) bond motifs is 1. The van der Waals surface area contributed by atoms with Gasteiger partial charge in [-0.2, -0.15) is 0 Å². The Morgan fingerprint density at radius 1 is 1.26 bits per heavy atom. The average molecular weight is 626 g/mol. The van der Waals surface area contributed by atoms with Gasteiger partial charge < -0.3 is 24.1 Å². The molecule has 2 aromatic heterocycles. The number of rotatable bonds is 7. The molecule has 3 aromatic rings. The summed E-state index contributed by atoms with van der Waals surface area (Å²) in [6.07, 6.45) is 4.51. The van der Waals surface area contributed by atoms with E-state index in [1.54, 1.807) is 6.07 Å². The van der Waals surface area contributed by atoms with Crippen molar-refractivity contribution in [3.63, 3.8) is 0 Å². The third kappa shape index (κ3) is 7.00. The van der Waals surface area contributed by atoms with Crippen LogP contribution in [0.1, 0.15) is 56.5 Å². The summed E-state index contributed by atoms with van der Waals surface area (Å²) in [6.45, 7) is 8.06. The van der Waals surface area contributed by atoms with Crippen molar-refractivity contribution >= 4 is 39.4 Å². The van der Waals surface area contributed by atoms with Crippen molar-refractivity contribution in [1.82, 2.24) is 9.29 Å². The first-order chi connectivity index (χ1) is 20.1. The van der Waals surface area contributed by atoms with Crippen molar-refractivity contribution in [3.05, 3.63) is 53.7 Å². The number of para-hydroxylation sites is 1. The number of carboxylic acids is 1. The quantitative estimate of drug-likeness (QED) is 0.383. The van der Waals surface area contributed by atoms with E-state index in [-0.39, 0.29) is 34.0 Å². The number of aliphatic hydroxyl groups excluding tert-OH is 1. The predicted molar refractivity (Wildman–Crippen MR) is 157 cm³/mol. The molecule has 2 aliphatic heterocycles. The molecule has 11 nitrogen and oxygen atoms in total. The Kier molecular flexibility index (Phi) is 11.6. The molecule has 42 heavy (non-hydrogen) atoms. The number of halogens is 1. The summed E-state index contributed by atoms with van der Waals surface area (Å²) in [5, 5.41) is 18.6. The van der Waals surface area contributed by atoms with Gasteiger partial charge in [-0.05, 0) is 44.7 Å². The van der Waals surface area contributed by atoms with Gasteiger partial charge in [0, 0.05) is 19.8 Å². The smallest absolute Gasteiger partial charge is 0.330 e. The average Bonchev–Trinajstić information content (AvgIpc) is 3.63. The van der Waals surface area contributed by atoms with Crippen LogP contribution in [-0.2, 0) is 27.1 Å². The second-order valence-corrected chi connectivity index (χ2v) is 11.7. The van der Waals surface area contributed by atoms with E-state index in [1.165, 1.54) is 37.7 Å². The first-order valence-electron chi connectivity index (χ1n) is 13.4. The van der Waals surface area contributed by atoms with Gasteiger partial charge >= 0.3 is 5.97 Å². The largest absolute Gasteiger partial charge is 0.496 e. The monoisotopic (exact) mass is 625 g/mol. The lowest BCUT2D eigenvalue weighted by Crippen LogP contribution is -2.59. The predicted octanol–water partition coefficient (Wildman–Crippen LogP) is 4.68. The molecule has 0 saturated carbocycles. The maximum absolute atomic E-state index is 15.4. The van der Waals surface area contributed by atoms with Crippen LogP contribution in [-0.4, -0.2) is 74.1 Å². The highest BCUT2D eigenvalue weighted by Gasteiger charge is 2.50. The first-order valence-corrected chi connectivity index (χ1v) is 15.3. The van der Waals surface area contributed by atoms with Crippen LogP contribution in [0, 0.1) is 5.82 Å². The Balaban J connectivity index is 0.000000465. The number of oxazole rings is 1. The van der Waals surface area contributed by atoms with Gasteiger partial charge in [0.05, 0.1) is 19.4 Å². The van der Waals surface area contributed by atoms with Gasteiger partial charge in [-0.25, -0.2) is 22.7 Å². The van der Waals surface area contributed by atoms with Crippen molar-refractivity contribution in [3.8, 4) is 16.5 Å². The number of carbonyl (C=O) groups excluding carboxylic acids is 1. The van der Waals surface area contributed by atoms with Crippen molar-refractivity contribution in [2.24, 2.45) is 0 Å². The molecule has 1 unspecified atom stereocenters. The molecule has 2 aliphatic rings. The molecule has 14 heteroatoms. The van der Waals surface area contributed by atoms with Gasteiger partial charge in [0.2, 0.25) is 17.1 Å². The number of carbonyl (C=O) groups is 2. The lowest BCUT2D eigenvalue weighted by molar-refractivity contribution is -0.145. The molecular weight excluding hydrogens is 589 g/mol. The summed E-state index contributed by atoms with van der Waals surface area (Å²) >= 11 is -1.36. The SMILES string of the molecule is CC.COc1ccccc1CCN1c2sc(-c3ncco3)c(F)c2C(=O)N(C(C)(C)C(=O)O)S1=O.OC1CCOCC1. The number of carboxylic acid groups (broad SMARTS) is 1. The van der Waals surface area contributed by atoms with E-state index in [2.05, 4.69) is 4.98 Å². The fourth-order valence-electron chi connectivity index (χ4n) is 4.11. The van der Waals surface area contributed by atoms with E-state index >= 15 is 4.39 Å². The van der Waals surface area contributed by atoms with Crippen molar-refractivity contribution in [2.45, 2.75) is 58.6 Å². The summed E-state index contributed by atoms with van der Waals surface area (Å²) in [6, 6.07) is 7.25. The molecular formula is C28H36FN3O8S2. The van der Waals surface area contributed by atoms with E-state index in [0.29, 0.717) is 16.5 Å². The standard InChI is InChI=1S/C21H20FN3O6S2.C5H10O2.C2H6/c1-21(2,20(27)28)25-18(26)14-15(22)16(17-23-9-11-31-17)32-19(14)24(33(25)29)10-8-12-6-4-5-7-13(12)30-3;6-5-1-3-7-4-2-5;1-2/h4-7,9,11H,8,10H2,1-3H3,(H,27,28);5-6H,1-4H2;1-2H3. The number of amides is 1. The minimum Gasteiger partial charge on any atom is -0.496 e. The van der Waals surface area contributed by atoms with Crippen LogP contribution in [0.4, 0.5) is 9.39 Å². The molecule has 0 bridgehead atoms. The molecule has 0 spiro atoms. The Hall–Kier alpha value is -3.33. The van der Waals surface area contributed by atoms with Gasteiger partial charge in [0.15, 0.2) is 5.82 Å². The number of benzene rings is 1. The number of thiophene rings is 1. The zero-order chi connectivity index (χ0) is 31.0. The molecule has 230 valence electrons. The summed E-state index contributed by atoms with van der Waals surface area (Å²) in [5.41, 5.74) is -1.41. The van der Waals surface area contributed by atoms with Crippen LogP contribution in [0.15, 0.2) is 41.1 Å². The lowest BCUT2D eigenvalue weighted by Gasteiger charge is -2.40. The van der Waals surface area contributed by atoms with Gasteiger partial charge in [0.25, 0.3) is 5.91 Å². The molecule has 0 aliphatic carbocycles. The van der Waals surface area contributed by atoms with E-state index < -0.39 is 34.4 Å². The lowest BCUT2D eigenvalue weighted by atomic mass is 10.1. The fourth-order valence-corrected chi connectivity index (χ4v) is 6.84. The maximum atomic E-state index is 15.4.